The monoisotopic (exact) mass is 390 g/mol. The van der Waals surface area contributed by atoms with E-state index in [9.17, 15) is 26.3 Å². The Morgan fingerprint density at radius 2 is 1.41 bits per heavy atom. The van der Waals surface area contributed by atoms with Gasteiger partial charge < -0.3 is 11.1 Å². The molecule has 3 N–H and O–H groups in total. The van der Waals surface area contributed by atoms with Crippen LogP contribution in [-0.4, -0.2) is 13.1 Å². The van der Waals surface area contributed by atoms with Gasteiger partial charge in [0, 0.05) is 6.54 Å². The molecule has 0 fully saturated rings. The fourth-order valence-corrected chi connectivity index (χ4v) is 2.68. The van der Waals surface area contributed by atoms with Gasteiger partial charge in [-0.3, -0.25) is 0 Å². The summed E-state index contributed by atoms with van der Waals surface area (Å²) in [6, 6.07) is 9.03. The molecule has 0 saturated carbocycles. The van der Waals surface area contributed by atoms with E-state index in [2.05, 4.69) is 5.32 Å². The number of rotatable bonds is 2. The first-order valence-electron chi connectivity index (χ1n) is 8.37. The third-order valence-corrected chi connectivity index (χ3v) is 4.13. The van der Waals surface area contributed by atoms with Crippen LogP contribution >= 0.6 is 0 Å². The van der Waals surface area contributed by atoms with Gasteiger partial charge in [0.1, 0.15) is 0 Å². The van der Waals surface area contributed by atoms with Gasteiger partial charge in [-0.1, -0.05) is 18.2 Å². The molecule has 1 aliphatic rings. The summed E-state index contributed by atoms with van der Waals surface area (Å²) in [4.78, 5) is 0. The van der Waals surface area contributed by atoms with Crippen LogP contribution in [0.15, 0.2) is 42.5 Å². The average molecular weight is 390 g/mol. The van der Waals surface area contributed by atoms with E-state index in [-0.39, 0.29) is 0 Å². The van der Waals surface area contributed by atoms with Crippen molar-refractivity contribution in [3.05, 3.63) is 70.3 Å². The first kappa shape index (κ1) is 21.2. The SMILES string of the molecule is FC(F)(F)c1ccc2c(c1)CNCC2.NCCc1ccc(C(F)(F)F)cc1. The molecule has 2 nitrogen and oxygen atoms in total. The number of nitrogens with two attached hydrogens (primary N) is 1. The van der Waals surface area contributed by atoms with Crippen LogP contribution in [0.25, 0.3) is 0 Å². The van der Waals surface area contributed by atoms with Crippen LogP contribution in [0.5, 0.6) is 0 Å². The molecular formula is C19H20F6N2. The van der Waals surface area contributed by atoms with E-state index in [4.69, 9.17) is 5.73 Å². The van der Waals surface area contributed by atoms with Crippen LogP contribution in [0.4, 0.5) is 26.3 Å². The van der Waals surface area contributed by atoms with E-state index in [0.717, 1.165) is 47.9 Å². The first-order chi connectivity index (χ1) is 12.6. The summed E-state index contributed by atoms with van der Waals surface area (Å²) in [6.45, 7) is 1.84. The predicted octanol–water partition coefficient (Wildman–Crippen LogP) is 4.56. The molecule has 1 heterocycles. The quantitative estimate of drug-likeness (QED) is 0.738. The average Bonchev–Trinajstić information content (AvgIpc) is 2.61. The van der Waals surface area contributed by atoms with Crippen LogP contribution in [0.3, 0.4) is 0 Å². The topological polar surface area (TPSA) is 38.0 Å². The second-order valence-electron chi connectivity index (χ2n) is 6.14. The number of halogens is 6. The number of fused-ring (bicyclic) bond motifs is 1. The lowest BCUT2D eigenvalue weighted by Gasteiger charge is -2.18. The van der Waals surface area contributed by atoms with Crippen molar-refractivity contribution >= 4 is 0 Å². The van der Waals surface area contributed by atoms with Gasteiger partial charge in [-0.2, -0.15) is 26.3 Å². The molecule has 2 aromatic carbocycles. The second kappa shape index (κ2) is 8.75. The van der Waals surface area contributed by atoms with Gasteiger partial charge in [0.15, 0.2) is 0 Å². The third-order valence-electron chi connectivity index (χ3n) is 4.13. The van der Waals surface area contributed by atoms with Crippen molar-refractivity contribution in [3.8, 4) is 0 Å². The number of nitrogens with one attached hydrogen (secondary N) is 1. The van der Waals surface area contributed by atoms with Gasteiger partial charge in [0.25, 0.3) is 0 Å². The highest BCUT2D eigenvalue weighted by Crippen LogP contribution is 2.31. The first-order valence-corrected chi connectivity index (χ1v) is 8.37. The maximum absolute atomic E-state index is 12.3. The Morgan fingerprint density at radius 3 is 1.96 bits per heavy atom. The molecule has 0 spiro atoms. The number of hydrogen-bond donors (Lipinski definition) is 2. The highest BCUT2D eigenvalue weighted by molar-refractivity contribution is 5.34. The minimum absolute atomic E-state index is 0.450. The molecule has 0 aliphatic carbocycles. The van der Waals surface area contributed by atoms with Gasteiger partial charge in [-0.25, -0.2) is 0 Å². The molecule has 0 amide bonds. The van der Waals surface area contributed by atoms with E-state index in [1.807, 2.05) is 0 Å². The molecule has 27 heavy (non-hydrogen) atoms. The van der Waals surface area contributed by atoms with E-state index < -0.39 is 23.5 Å². The summed E-state index contributed by atoms with van der Waals surface area (Å²) in [6.07, 6.45) is -7.06. The second-order valence-corrected chi connectivity index (χ2v) is 6.14. The van der Waals surface area contributed by atoms with Gasteiger partial charge >= 0.3 is 12.4 Å². The lowest BCUT2D eigenvalue weighted by Crippen LogP contribution is -2.24. The smallest absolute Gasteiger partial charge is 0.330 e. The normalized spacial score (nSPS) is 14.2. The van der Waals surface area contributed by atoms with Crippen LogP contribution < -0.4 is 11.1 Å². The fraction of sp³-hybridized carbons (Fsp3) is 0.368. The summed E-state index contributed by atoms with van der Waals surface area (Å²) in [5.74, 6) is 0. The van der Waals surface area contributed by atoms with Crippen LogP contribution in [-0.2, 0) is 31.7 Å². The highest BCUT2D eigenvalue weighted by Gasteiger charge is 2.31. The Labute approximate surface area is 153 Å². The molecule has 0 unspecified atom stereocenters. The summed E-state index contributed by atoms with van der Waals surface area (Å²) in [5, 5.41) is 3.05. The number of alkyl halides is 6. The van der Waals surface area contributed by atoms with Crippen molar-refractivity contribution in [3.63, 3.8) is 0 Å². The zero-order valence-electron chi connectivity index (χ0n) is 14.4. The van der Waals surface area contributed by atoms with E-state index in [1.54, 1.807) is 6.07 Å². The fourth-order valence-electron chi connectivity index (χ4n) is 2.68. The standard InChI is InChI=1S/C10H10F3N.C9H10F3N/c11-10(12,13)9-2-1-7-3-4-14-6-8(7)5-9;10-9(11,12)8-3-1-7(2-4-8)5-6-13/h1-2,5,14H,3-4,6H2;1-4H,5-6,13H2. The minimum atomic E-state index is -4.25. The van der Waals surface area contributed by atoms with Gasteiger partial charge in [0.05, 0.1) is 11.1 Å². The van der Waals surface area contributed by atoms with Gasteiger partial charge in [0.2, 0.25) is 0 Å². The Bertz CT molecular complexity index is 735. The minimum Gasteiger partial charge on any atom is -0.330 e. The summed E-state index contributed by atoms with van der Waals surface area (Å²) >= 11 is 0. The number of hydrogen-bond acceptors (Lipinski definition) is 2. The maximum Gasteiger partial charge on any atom is 0.416 e. The zero-order chi connectivity index (χ0) is 20.1. The van der Waals surface area contributed by atoms with E-state index in [1.165, 1.54) is 18.2 Å². The Hall–Kier alpha value is -2.06. The van der Waals surface area contributed by atoms with Crippen molar-refractivity contribution in [2.45, 2.75) is 31.7 Å². The molecule has 3 rings (SSSR count). The molecule has 148 valence electrons. The van der Waals surface area contributed by atoms with Crippen LogP contribution in [0, 0.1) is 0 Å². The summed E-state index contributed by atoms with van der Waals surface area (Å²) < 4.78 is 73.3. The van der Waals surface area contributed by atoms with Crippen molar-refractivity contribution < 1.29 is 26.3 Å². The summed E-state index contributed by atoms with van der Waals surface area (Å²) in [7, 11) is 0. The molecule has 0 radical (unpaired) electrons. The van der Waals surface area contributed by atoms with Gasteiger partial charge in [-0.15, -0.1) is 0 Å². The zero-order valence-corrected chi connectivity index (χ0v) is 14.4. The Balaban J connectivity index is 0.000000194. The molecule has 2 aromatic rings. The lowest BCUT2D eigenvalue weighted by atomic mass is 9.98. The Morgan fingerprint density at radius 1 is 0.815 bits per heavy atom. The largest absolute Gasteiger partial charge is 0.416 e. The van der Waals surface area contributed by atoms with Gasteiger partial charge in [-0.05, 0) is 66.9 Å². The molecule has 0 bridgehead atoms. The molecule has 0 saturated heterocycles. The van der Waals surface area contributed by atoms with Crippen LogP contribution in [0.2, 0.25) is 0 Å². The van der Waals surface area contributed by atoms with E-state index in [0.29, 0.717) is 19.5 Å². The third kappa shape index (κ3) is 6.25. The van der Waals surface area contributed by atoms with Crippen molar-refractivity contribution in [2.75, 3.05) is 13.1 Å². The van der Waals surface area contributed by atoms with E-state index >= 15 is 0 Å². The Kier molecular flexibility index (Phi) is 6.89. The molecule has 1 aliphatic heterocycles. The number of benzene rings is 2. The molecule has 0 aromatic heterocycles. The van der Waals surface area contributed by atoms with Crippen molar-refractivity contribution in [1.82, 2.24) is 5.32 Å². The summed E-state index contributed by atoms with van der Waals surface area (Å²) in [5.41, 5.74) is 6.71. The maximum atomic E-state index is 12.3. The lowest BCUT2D eigenvalue weighted by molar-refractivity contribution is -0.138. The molecule has 0 atom stereocenters. The van der Waals surface area contributed by atoms with Crippen molar-refractivity contribution in [1.29, 1.82) is 0 Å². The van der Waals surface area contributed by atoms with Crippen LogP contribution in [0.1, 0.15) is 27.8 Å². The van der Waals surface area contributed by atoms with Crippen molar-refractivity contribution in [2.24, 2.45) is 5.73 Å². The molecule has 8 heteroatoms. The molecular weight excluding hydrogens is 370 g/mol. The predicted molar refractivity (Wildman–Crippen MR) is 91.1 cm³/mol. The highest BCUT2D eigenvalue weighted by atomic mass is 19.4.